The van der Waals surface area contributed by atoms with Crippen LogP contribution in [0.3, 0.4) is 0 Å². The highest BCUT2D eigenvalue weighted by Crippen LogP contribution is 2.42. The number of phenolic OH excluding ortho intramolecular Hbond substituents is 1. The van der Waals surface area contributed by atoms with Crippen molar-refractivity contribution in [2.75, 3.05) is 13.7 Å². The van der Waals surface area contributed by atoms with Crippen LogP contribution in [-0.2, 0) is 36.8 Å². The van der Waals surface area contributed by atoms with Gasteiger partial charge in [0, 0.05) is 23.5 Å². The molecule has 1 aromatic carbocycles. The molecule has 0 amide bonds. The lowest BCUT2D eigenvalue weighted by atomic mass is 9.94. The van der Waals surface area contributed by atoms with Crippen LogP contribution in [0.2, 0.25) is 0 Å². The summed E-state index contributed by atoms with van der Waals surface area (Å²) in [6.45, 7) is 9.40. The summed E-state index contributed by atoms with van der Waals surface area (Å²) in [6.07, 6.45) is 2.94. The standard InChI is InChI=1S/C25H34O8/c1-14(2)33-21(27)11-16(4)12-31-20(26)10-8-15(3)7-9-18-23(28)22-19(13-32-25(22)29)17(5)24(18)30-6/h7,14,16,28H,8-13H2,1-6H3/b15-7+. The second-order valence-electron chi connectivity index (χ2n) is 8.70. The maximum absolute atomic E-state index is 12.1. The van der Waals surface area contributed by atoms with E-state index in [9.17, 15) is 19.5 Å². The quantitative estimate of drug-likeness (QED) is 0.297. The van der Waals surface area contributed by atoms with E-state index in [2.05, 4.69) is 0 Å². The van der Waals surface area contributed by atoms with Crippen LogP contribution in [-0.4, -0.2) is 42.8 Å². The van der Waals surface area contributed by atoms with E-state index in [1.165, 1.54) is 7.11 Å². The Labute approximate surface area is 194 Å². The van der Waals surface area contributed by atoms with Crippen molar-refractivity contribution >= 4 is 17.9 Å². The van der Waals surface area contributed by atoms with E-state index in [4.69, 9.17) is 18.9 Å². The van der Waals surface area contributed by atoms with Crippen LogP contribution in [0.4, 0.5) is 0 Å². The van der Waals surface area contributed by atoms with Gasteiger partial charge in [-0.05, 0) is 46.1 Å². The van der Waals surface area contributed by atoms with E-state index in [1.54, 1.807) is 13.8 Å². The number of ether oxygens (including phenoxy) is 4. The predicted molar refractivity (Wildman–Crippen MR) is 121 cm³/mol. The normalized spacial score (nSPS) is 14.0. The molecule has 8 heteroatoms. The maximum atomic E-state index is 12.1. The molecule has 182 valence electrons. The third-order valence-electron chi connectivity index (χ3n) is 5.44. The molecule has 1 aliphatic rings. The van der Waals surface area contributed by atoms with Gasteiger partial charge in [-0.25, -0.2) is 4.79 Å². The molecule has 1 aliphatic heterocycles. The van der Waals surface area contributed by atoms with Crippen molar-refractivity contribution in [3.8, 4) is 11.5 Å². The van der Waals surface area contributed by atoms with Crippen molar-refractivity contribution in [3.05, 3.63) is 33.9 Å². The minimum atomic E-state index is -0.537. The molecule has 0 radical (unpaired) electrons. The molecule has 0 aromatic heterocycles. The second-order valence-corrected chi connectivity index (χ2v) is 8.70. The van der Waals surface area contributed by atoms with Crippen molar-refractivity contribution < 1.29 is 38.4 Å². The van der Waals surface area contributed by atoms with Crippen molar-refractivity contribution in [2.24, 2.45) is 5.92 Å². The molecule has 1 unspecified atom stereocenters. The highest BCUT2D eigenvalue weighted by molar-refractivity contribution is 5.98. The molecule has 0 spiro atoms. The average molecular weight is 463 g/mol. The third kappa shape index (κ3) is 6.97. The van der Waals surface area contributed by atoms with E-state index in [0.29, 0.717) is 29.7 Å². The largest absolute Gasteiger partial charge is 0.507 e. The van der Waals surface area contributed by atoms with Gasteiger partial charge in [-0.1, -0.05) is 18.6 Å². The molecule has 0 saturated heterocycles. The summed E-state index contributed by atoms with van der Waals surface area (Å²) in [5.41, 5.74) is 3.06. The molecule has 0 fully saturated rings. The fourth-order valence-corrected chi connectivity index (χ4v) is 3.67. The smallest absolute Gasteiger partial charge is 0.342 e. The van der Waals surface area contributed by atoms with E-state index < -0.39 is 5.97 Å². The summed E-state index contributed by atoms with van der Waals surface area (Å²) in [5.74, 6) is -0.905. The molecular weight excluding hydrogens is 428 g/mol. The Hall–Kier alpha value is -3.03. The molecule has 1 N–H and O–H groups in total. The highest BCUT2D eigenvalue weighted by Gasteiger charge is 2.31. The van der Waals surface area contributed by atoms with Gasteiger partial charge in [0.2, 0.25) is 0 Å². The fraction of sp³-hybridized carbons (Fsp3) is 0.560. The van der Waals surface area contributed by atoms with Crippen LogP contribution in [0.15, 0.2) is 11.6 Å². The summed E-state index contributed by atoms with van der Waals surface area (Å²) < 4.78 is 20.9. The Balaban J connectivity index is 1.91. The van der Waals surface area contributed by atoms with Crippen LogP contribution in [0.1, 0.15) is 74.0 Å². The number of phenols is 1. The summed E-state index contributed by atoms with van der Waals surface area (Å²) in [7, 11) is 1.52. The topological polar surface area (TPSA) is 108 Å². The van der Waals surface area contributed by atoms with Gasteiger partial charge >= 0.3 is 17.9 Å². The lowest BCUT2D eigenvalue weighted by Gasteiger charge is -2.16. The summed E-state index contributed by atoms with van der Waals surface area (Å²) in [5, 5.41) is 10.7. The molecule has 2 rings (SSSR count). The van der Waals surface area contributed by atoms with Gasteiger partial charge in [0.25, 0.3) is 0 Å². The van der Waals surface area contributed by atoms with E-state index in [1.807, 2.05) is 26.8 Å². The monoisotopic (exact) mass is 462 g/mol. The summed E-state index contributed by atoms with van der Waals surface area (Å²) in [6, 6.07) is 0. The number of fused-ring (bicyclic) bond motifs is 1. The van der Waals surface area contributed by atoms with Gasteiger partial charge in [0.1, 0.15) is 23.7 Å². The van der Waals surface area contributed by atoms with Crippen LogP contribution in [0.25, 0.3) is 0 Å². The number of benzene rings is 1. The predicted octanol–water partition coefficient (Wildman–Crippen LogP) is 4.17. The first-order valence-corrected chi connectivity index (χ1v) is 11.1. The highest BCUT2D eigenvalue weighted by atomic mass is 16.5. The van der Waals surface area contributed by atoms with Crippen LogP contribution < -0.4 is 4.74 Å². The van der Waals surface area contributed by atoms with Crippen molar-refractivity contribution in [2.45, 2.75) is 73.0 Å². The number of allylic oxidation sites excluding steroid dienone is 2. The van der Waals surface area contributed by atoms with Gasteiger partial charge in [0.15, 0.2) is 0 Å². The fourth-order valence-electron chi connectivity index (χ4n) is 3.67. The number of carbonyl (C=O) groups excluding carboxylic acids is 3. The van der Waals surface area contributed by atoms with Gasteiger partial charge < -0.3 is 24.1 Å². The average Bonchev–Trinajstić information content (AvgIpc) is 3.13. The number of hydrogen-bond acceptors (Lipinski definition) is 8. The Bertz CT molecular complexity index is 929. The molecule has 1 heterocycles. The zero-order valence-corrected chi connectivity index (χ0v) is 20.3. The molecule has 0 bridgehead atoms. The van der Waals surface area contributed by atoms with E-state index >= 15 is 0 Å². The maximum Gasteiger partial charge on any atom is 0.342 e. The van der Waals surface area contributed by atoms with Gasteiger partial charge in [-0.15, -0.1) is 0 Å². The first kappa shape index (κ1) is 26.2. The lowest BCUT2D eigenvalue weighted by Crippen LogP contribution is -2.18. The Morgan fingerprint density at radius 3 is 2.52 bits per heavy atom. The van der Waals surface area contributed by atoms with E-state index in [0.717, 1.165) is 11.1 Å². The lowest BCUT2D eigenvalue weighted by molar-refractivity contribution is -0.152. The number of carbonyl (C=O) groups is 3. The Kier molecular flexibility index (Phi) is 9.32. The molecule has 1 atom stereocenters. The summed E-state index contributed by atoms with van der Waals surface area (Å²) in [4.78, 5) is 35.7. The number of aromatic hydroxyl groups is 1. The third-order valence-corrected chi connectivity index (χ3v) is 5.44. The summed E-state index contributed by atoms with van der Waals surface area (Å²) >= 11 is 0. The molecule has 8 nitrogen and oxygen atoms in total. The van der Waals surface area contributed by atoms with Crippen LogP contribution >= 0.6 is 0 Å². The first-order valence-electron chi connectivity index (χ1n) is 11.1. The van der Waals surface area contributed by atoms with Crippen LogP contribution in [0, 0.1) is 12.8 Å². The first-order chi connectivity index (χ1) is 15.5. The van der Waals surface area contributed by atoms with Crippen LogP contribution in [0.5, 0.6) is 11.5 Å². The van der Waals surface area contributed by atoms with Crippen molar-refractivity contribution in [3.63, 3.8) is 0 Å². The zero-order chi connectivity index (χ0) is 24.7. The molecule has 0 saturated carbocycles. The molecule has 0 aliphatic carbocycles. The zero-order valence-electron chi connectivity index (χ0n) is 20.3. The number of esters is 3. The number of hydrogen-bond donors (Lipinski definition) is 1. The Morgan fingerprint density at radius 1 is 1.18 bits per heavy atom. The van der Waals surface area contributed by atoms with Gasteiger partial charge in [0.05, 0.1) is 26.2 Å². The number of cyclic esters (lactones) is 1. The molecule has 1 aromatic rings. The van der Waals surface area contributed by atoms with Gasteiger partial charge in [-0.3, -0.25) is 9.59 Å². The minimum Gasteiger partial charge on any atom is -0.507 e. The van der Waals surface area contributed by atoms with E-state index in [-0.39, 0.29) is 61.3 Å². The molecular formula is C25H34O8. The number of rotatable bonds is 11. The molecule has 33 heavy (non-hydrogen) atoms. The van der Waals surface area contributed by atoms with Gasteiger partial charge in [-0.2, -0.15) is 0 Å². The Morgan fingerprint density at radius 2 is 1.88 bits per heavy atom. The SMILES string of the molecule is COc1c(C)c2c(c(O)c1C/C=C(\C)CCC(=O)OCC(C)CC(=O)OC(C)C)C(=O)OC2. The number of methoxy groups -OCH3 is 1. The second kappa shape index (κ2) is 11.7. The minimum absolute atomic E-state index is 0.122. The van der Waals surface area contributed by atoms with Crippen molar-refractivity contribution in [1.82, 2.24) is 0 Å². The van der Waals surface area contributed by atoms with Crippen molar-refractivity contribution in [1.29, 1.82) is 0 Å².